The molecule has 1 saturated heterocycles. The molecule has 2 aromatic rings. The minimum atomic E-state index is -0.731. The molecule has 1 amide bonds. The van der Waals surface area contributed by atoms with Gasteiger partial charge >= 0.3 is 11.9 Å². The molecule has 2 atom stereocenters. The van der Waals surface area contributed by atoms with Gasteiger partial charge in [-0.2, -0.15) is 0 Å². The minimum absolute atomic E-state index is 0.235. The third-order valence-electron chi connectivity index (χ3n) is 4.66. The summed E-state index contributed by atoms with van der Waals surface area (Å²) >= 11 is 3.39. The van der Waals surface area contributed by atoms with Crippen LogP contribution in [0.3, 0.4) is 0 Å². The second-order valence-electron chi connectivity index (χ2n) is 6.47. The zero-order valence-corrected chi connectivity index (χ0v) is 17.5. The molecule has 0 aromatic heterocycles. The van der Waals surface area contributed by atoms with Gasteiger partial charge in [-0.25, -0.2) is 9.59 Å². The molecule has 1 heterocycles. The molecular formula is C21H20BrNO6. The molecule has 0 spiro atoms. The molecule has 7 nitrogen and oxygen atoms in total. The van der Waals surface area contributed by atoms with Crippen molar-refractivity contribution in [1.29, 1.82) is 0 Å². The highest BCUT2D eigenvalue weighted by Gasteiger charge is 2.41. The number of methoxy groups -OCH3 is 2. The summed E-state index contributed by atoms with van der Waals surface area (Å²) in [4.78, 5) is 38.3. The van der Waals surface area contributed by atoms with E-state index in [1.54, 1.807) is 42.5 Å². The number of nitrogens with zero attached hydrogens (tertiary/aromatic N) is 1. The molecule has 152 valence electrons. The highest BCUT2D eigenvalue weighted by Crippen LogP contribution is 2.31. The van der Waals surface area contributed by atoms with Gasteiger partial charge in [-0.05, 0) is 46.3 Å². The van der Waals surface area contributed by atoms with Crippen LogP contribution in [0.1, 0.15) is 27.1 Å². The first-order chi connectivity index (χ1) is 13.9. The molecule has 0 N–H and O–H groups in total. The normalized spacial score (nSPS) is 18.2. The van der Waals surface area contributed by atoms with E-state index < -0.39 is 24.1 Å². The van der Waals surface area contributed by atoms with Crippen molar-refractivity contribution in [1.82, 2.24) is 4.90 Å². The monoisotopic (exact) mass is 461 g/mol. The number of likely N-dealkylation sites (tertiary alicyclic amines) is 1. The van der Waals surface area contributed by atoms with Crippen LogP contribution in [-0.2, 0) is 14.3 Å². The number of amides is 1. The van der Waals surface area contributed by atoms with Crippen LogP contribution in [-0.4, -0.2) is 55.7 Å². The smallest absolute Gasteiger partial charge is 0.337 e. The lowest BCUT2D eigenvalue weighted by atomic mass is 10.1. The first-order valence-electron chi connectivity index (χ1n) is 8.93. The number of ether oxygens (including phenoxy) is 3. The average Bonchev–Trinajstić information content (AvgIpc) is 3.17. The Balaban J connectivity index is 1.78. The molecule has 0 saturated carbocycles. The van der Waals surface area contributed by atoms with Gasteiger partial charge < -0.3 is 19.1 Å². The first kappa shape index (κ1) is 20.9. The van der Waals surface area contributed by atoms with Crippen LogP contribution < -0.4 is 4.74 Å². The standard InChI is InChI=1S/C21H20BrNO6/c1-27-20(25)14-8-9-18(16(22)10-14)29-15-11-17(21(26)28-2)23(12-15)19(24)13-6-4-3-5-7-13/h3-10,15,17H,11-12H2,1-2H3/t15-,17-/m0/s1. The van der Waals surface area contributed by atoms with Crippen LogP contribution in [0.4, 0.5) is 0 Å². The van der Waals surface area contributed by atoms with Crippen molar-refractivity contribution in [2.45, 2.75) is 18.6 Å². The van der Waals surface area contributed by atoms with E-state index in [0.29, 0.717) is 27.8 Å². The van der Waals surface area contributed by atoms with Crippen molar-refractivity contribution in [2.75, 3.05) is 20.8 Å². The largest absolute Gasteiger partial charge is 0.487 e. The molecule has 1 aliphatic heterocycles. The summed E-state index contributed by atoms with van der Waals surface area (Å²) in [7, 11) is 2.61. The van der Waals surface area contributed by atoms with Crippen molar-refractivity contribution in [3.8, 4) is 5.75 Å². The number of halogens is 1. The number of carbonyl (C=O) groups is 3. The second-order valence-corrected chi connectivity index (χ2v) is 7.33. The van der Waals surface area contributed by atoms with Gasteiger partial charge in [0.15, 0.2) is 0 Å². The Hall–Kier alpha value is -2.87. The van der Waals surface area contributed by atoms with Crippen molar-refractivity contribution >= 4 is 33.8 Å². The Bertz CT molecular complexity index is 917. The van der Waals surface area contributed by atoms with Crippen molar-refractivity contribution in [2.24, 2.45) is 0 Å². The number of rotatable bonds is 5. The van der Waals surface area contributed by atoms with Crippen molar-refractivity contribution in [3.63, 3.8) is 0 Å². The second kappa shape index (κ2) is 9.09. The fourth-order valence-corrected chi connectivity index (χ4v) is 3.71. The molecule has 0 bridgehead atoms. The summed E-state index contributed by atoms with van der Waals surface area (Å²) in [6.45, 7) is 0.235. The van der Waals surface area contributed by atoms with Crippen LogP contribution in [0.5, 0.6) is 5.75 Å². The third-order valence-corrected chi connectivity index (χ3v) is 5.28. The van der Waals surface area contributed by atoms with Crippen molar-refractivity contribution < 1.29 is 28.6 Å². The Morgan fingerprint density at radius 3 is 2.34 bits per heavy atom. The molecule has 1 fully saturated rings. The maximum absolute atomic E-state index is 12.9. The molecular weight excluding hydrogens is 442 g/mol. The molecule has 0 radical (unpaired) electrons. The number of hydrogen-bond acceptors (Lipinski definition) is 6. The summed E-state index contributed by atoms with van der Waals surface area (Å²) in [6.07, 6.45) is -0.108. The lowest BCUT2D eigenvalue weighted by Gasteiger charge is -2.22. The summed E-state index contributed by atoms with van der Waals surface area (Å²) in [5.74, 6) is -0.698. The molecule has 1 aliphatic rings. The summed E-state index contributed by atoms with van der Waals surface area (Å²) in [5, 5.41) is 0. The van der Waals surface area contributed by atoms with E-state index in [9.17, 15) is 14.4 Å². The molecule has 2 aromatic carbocycles. The van der Waals surface area contributed by atoms with Crippen LogP contribution in [0, 0.1) is 0 Å². The van der Waals surface area contributed by atoms with Gasteiger partial charge in [-0.3, -0.25) is 4.79 Å². The Kier molecular flexibility index (Phi) is 6.53. The van der Waals surface area contributed by atoms with Gasteiger partial charge in [0, 0.05) is 12.0 Å². The van der Waals surface area contributed by atoms with Crippen molar-refractivity contribution in [3.05, 3.63) is 64.1 Å². The minimum Gasteiger partial charge on any atom is -0.487 e. The topological polar surface area (TPSA) is 82.1 Å². The Labute approximate surface area is 176 Å². The lowest BCUT2D eigenvalue weighted by Crippen LogP contribution is -2.41. The van der Waals surface area contributed by atoms with Gasteiger partial charge in [0.1, 0.15) is 17.9 Å². The van der Waals surface area contributed by atoms with Crippen LogP contribution in [0.15, 0.2) is 53.0 Å². The Morgan fingerprint density at radius 1 is 1.00 bits per heavy atom. The zero-order chi connectivity index (χ0) is 21.0. The van der Waals surface area contributed by atoms with Gasteiger partial charge in [0.2, 0.25) is 0 Å². The lowest BCUT2D eigenvalue weighted by molar-refractivity contribution is -0.145. The summed E-state index contributed by atoms with van der Waals surface area (Å²) in [5.41, 5.74) is 0.872. The fraction of sp³-hybridized carbons (Fsp3) is 0.286. The van der Waals surface area contributed by atoms with E-state index in [2.05, 4.69) is 15.9 Å². The first-order valence-corrected chi connectivity index (χ1v) is 9.72. The molecule has 3 rings (SSSR count). The number of benzene rings is 2. The number of hydrogen-bond donors (Lipinski definition) is 0. The van der Waals surface area contributed by atoms with E-state index in [1.807, 2.05) is 6.07 Å². The van der Waals surface area contributed by atoms with E-state index in [4.69, 9.17) is 14.2 Å². The van der Waals surface area contributed by atoms with E-state index in [-0.39, 0.29) is 12.5 Å². The quantitative estimate of drug-likeness (QED) is 0.636. The van der Waals surface area contributed by atoms with Gasteiger partial charge in [-0.1, -0.05) is 18.2 Å². The van der Waals surface area contributed by atoms with E-state index in [0.717, 1.165) is 0 Å². The number of carbonyl (C=O) groups excluding carboxylic acids is 3. The maximum Gasteiger partial charge on any atom is 0.337 e. The molecule has 0 unspecified atom stereocenters. The molecule has 0 aliphatic carbocycles. The van der Waals surface area contributed by atoms with Crippen LogP contribution >= 0.6 is 15.9 Å². The average molecular weight is 462 g/mol. The predicted molar refractivity (Wildman–Crippen MR) is 108 cm³/mol. The van der Waals surface area contributed by atoms with Gasteiger partial charge in [0.25, 0.3) is 5.91 Å². The number of esters is 2. The van der Waals surface area contributed by atoms with Gasteiger partial charge in [-0.15, -0.1) is 0 Å². The summed E-state index contributed by atoms with van der Waals surface area (Å²) in [6, 6.07) is 12.9. The van der Waals surface area contributed by atoms with Gasteiger partial charge in [0.05, 0.1) is 30.8 Å². The highest BCUT2D eigenvalue weighted by atomic mass is 79.9. The zero-order valence-electron chi connectivity index (χ0n) is 16.0. The molecule has 8 heteroatoms. The Morgan fingerprint density at radius 2 is 1.72 bits per heavy atom. The predicted octanol–water partition coefficient (Wildman–Crippen LogP) is 3.07. The van der Waals surface area contributed by atoms with E-state index in [1.165, 1.54) is 19.1 Å². The SMILES string of the molecule is COC(=O)c1ccc(O[C@H]2C[C@@H](C(=O)OC)N(C(=O)c3ccccc3)C2)c(Br)c1. The highest BCUT2D eigenvalue weighted by molar-refractivity contribution is 9.10. The third kappa shape index (κ3) is 4.59. The fourth-order valence-electron chi connectivity index (χ4n) is 3.23. The summed E-state index contributed by atoms with van der Waals surface area (Å²) < 4.78 is 16.2. The van der Waals surface area contributed by atoms with Crippen LogP contribution in [0.25, 0.3) is 0 Å². The maximum atomic E-state index is 12.9. The molecule has 29 heavy (non-hydrogen) atoms. The van der Waals surface area contributed by atoms with Crippen LogP contribution in [0.2, 0.25) is 0 Å². The van der Waals surface area contributed by atoms with E-state index >= 15 is 0 Å².